The van der Waals surface area contributed by atoms with Crippen molar-refractivity contribution in [3.63, 3.8) is 0 Å². The van der Waals surface area contributed by atoms with Crippen molar-refractivity contribution in [2.45, 2.75) is 84.0 Å². The zero-order valence-corrected chi connectivity index (χ0v) is 15.2. The molecule has 1 unspecified atom stereocenters. The van der Waals surface area contributed by atoms with E-state index in [1.54, 1.807) is 0 Å². The van der Waals surface area contributed by atoms with Crippen LogP contribution in [-0.4, -0.2) is 26.2 Å². The van der Waals surface area contributed by atoms with Crippen LogP contribution in [0.1, 0.15) is 84.0 Å². The predicted molar refractivity (Wildman–Crippen MR) is 101 cm³/mol. The van der Waals surface area contributed by atoms with Gasteiger partial charge < -0.3 is 22.9 Å². The lowest BCUT2D eigenvalue weighted by Gasteiger charge is -2.06. The fraction of sp³-hybridized carbons (Fsp3) is 1.00. The number of unbranched alkanes of at least 4 members (excludes halogenated alkanes) is 9. The fourth-order valence-corrected chi connectivity index (χ4v) is 2.28. The van der Waals surface area contributed by atoms with E-state index in [2.05, 4.69) is 6.92 Å². The summed E-state index contributed by atoms with van der Waals surface area (Å²) < 4.78 is 0. The SMILES string of the molecule is CC(CN)CCCCCCN.NCCCCCCCCCN. The summed E-state index contributed by atoms with van der Waals surface area (Å²) in [6.45, 7) is 5.58. The van der Waals surface area contributed by atoms with Gasteiger partial charge in [0.1, 0.15) is 0 Å². The molecule has 4 nitrogen and oxygen atoms in total. The Balaban J connectivity index is 0. The van der Waals surface area contributed by atoms with Gasteiger partial charge in [0.15, 0.2) is 0 Å². The predicted octanol–water partition coefficient (Wildman–Crippen LogP) is 3.12. The van der Waals surface area contributed by atoms with Crippen molar-refractivity contribution < 1.29 is 0 Å². The van der Waals surface area contributed by atoms with Gasteiger partial charge in [0.05, 0.1) is 0 Å². The monoisotopic (exact) mass is 316 g/mol. The molecule has 0 aromatic heterocycles. The van der Waals surface area contributed by atoms with Gasteiger partial charge in [0.25, 0.3) is 0 Å². The first-order valence-corrected chi connectivity index (χ1v) is 9.53. The van der Waals surface area contributed by atoms with Crippen LogP contribution in [0.2, 0.25) is 0 Å². The highest BCUT2D eigenvalue weighted by molar-refractivity contribution is 4.53. The van der Waals surface area contributed by atoms with Crippen LogP contribution in [0, 0.1) is 5.92 Å². The van der Waals surface area contributed by atoms with E-state index in [-0.39, 0.29) is 0 Å². The second-order valence-electron chi connectivity index (χ2n) is 6.38. The van der Waals surface area contributed by atoms with E-state index < -0.39 is 0 Å². The molecule has 0 amide bonds. The molecular formula is C18H44N4. The van der Waals surface area contributed by atoms with Crippen molar-refractivity contribution in [1.29, 1.82) is 0 Å². The third-order valence-corrected chi connectivity index (χ3v) is 3.96. The van der Waals surface area contributed by atoms with Gasteiger partial charge in [0.2, 0.25) is 0 Å². The first kappa shape index (κ1) is 24.1. The van der Waals surface area contributed by atoms with Crippen LogP contribution < -0.4 is 22.9 Å². The molecule has 0 saturated carbocycles. The summed E-state index contributed by atoms with van der Waals surface area (Å²) in [5, 5.41) is 0. The molecular weight excluding hydrogens is 272 g/mol. The summed E-state index contributed by atoms with van der Waals surface area (Å²) in [5.41, 5.74) is 21.6. The van der Waals surface area contributed by atoms with Crippen LogP contribution in [0.3, 0.4) is 0 Å². The highest BCUT2D eigenvalue weighted by Gasteiger charge is 1.97. The van der Waals surface area contributed by atoms with Crippen molar-refractivity contribution in [2.75, 3.05) is 26.2 Å². The molecule has 136 valence electrons. The van der Waals surface area contributed by atoms with Crippen molar-refractivity contribution in [3.05, 3.63) is 0 Å². The second-order valence-corrected chi connectivity index (χ2v) is 6.38. The molecule has 0 saturated heterocycles. The maximum absolute atomic E-state index is 5.49. The third-order valence-electron chi connectivity index (χ3n) is 3.96. The highest BCUT2D eigenvalue weighted by atomic mass is 14.5. The molecule has 0 aliphatic rings. The number of hydrogen-bond acceptors (Lipinski definition) is 4. The van der Waals surface area contributed by atoms with Gasteiger partial charge in [-0.2, -0.15) is 0 Å². The molecule has 4 heteroatoms. The van der Waals surface area contributed by atoms with Crippen molar-refractivity contribution in [2.24, 2.45) is 28.9 Å². The van der Waals surface area contributed by atoms with Crippen LogP contribution in [0.5, 0.6) is 0 Å². The summed E-state index contributed by atoms with van der Waals surface area (Å²) in [4.78, 5) is 0. The van der Waals surface area contributed by atoms with Crippen molar-refractivity contribution in [3.8, 4) is 0 Å². The average molecular weight is 317 g/mol. The fourth-order valence-electron chi connectivity index (χ4n) is 2.28. The third kappa shape index (κ3) is 24.8. The molecule has 0 aromatic rings. The Morgan fingerprint density at radius 1 is 0.500 bits per heavy atom. The minimum Gasteiger partial charge on any atom is -0.330 e. The molecule has 0 rings (SSSR count). The summed E-state index contributed by atoms with van der Waals surface area (Å²) in [6, 6.07) is 0. The maximum Gasteiger partial charge on any atom is -0.00515 e. The Kier molecular flexibility index (Phi) is 25.3. The minimum atomic E-state index is 0.702. The van der Waals surface area contributed by atoms with E-state index >= 15 is 0 Å². The zero-order valence-electron chi connectivity index (χ0n) is 15.2. The summed E-state index contributed by atoms with van der Waals surface area (Å²) in [5.74, 6) is 0.702. The number of rotatable bonds is 15. The average Bonchev–Trinajstić information content (AvgIpc) is 2.54. The van der Waals surface area contributed by atoms with E-state index in [0.29, 0.717) is 5.92 Å². The summed E-state index contributed by atoms with van der Waals surface area (Å²) in [7, 11) is 0. The standard InChI is InChI=1S/2C9H22N2/c1-9(8-11)6-4-2-3-5-7-10;10-8-6-4-2-1-3-5-7-9-11/h9H,2-8,10-11H2,1H3;1-11H2. The van der Waals surface area contributed by atoms with Crippen LogP contribution in [0.25, 0.3) is 0 Å². The molecule has 0 bridgehead atoms. The van der Waals surface area contributed by atoms with Crippen LogP contribution in [0.4, 0.5) is 0 Å². The number of hydrogen-bond donors (Lipinski definition) is 4. The smallest absolute Gasteiger partial charge is 0.00515 e. The minimum absolute atomic E-state index is 0.702. The normalized spacial score (nSPS) is 11.9. The van der Waals surface area contributed by atoms with Gasteiger partial charge in [-0.05, 0) is 57.8 Å². The molecule has 8 N–H and O–H groups in total. The number of nitrogens with two attached hydrogens (primary N) is 4. The van der Waals surface area contributed by atoms with Gasteiger partial charge in [0, 0.05) is 0 Å². The quantitative estimate of drug-likeness (QED) is 0.348. The first-order valence-electron chi connectivity index (χ1n) is 9.53. The van der Waals surface area contributed by atoms with Gasteiger partial charge in [-0.1, -0.05) is 58.3 Å². The molecule has 0 fully saturated rings. The van der Waals surface area contributed by atoms with E-state index in [0.717, 1.165) is 26.2 Å². The molecule has 22 heavy (non-hydrogen) atoms. The molecule has 0 heterocycles. The van der Waals surface area contributed by atoms with Gasteiger partial charge >= 0.3 is 0 Å². The topological polar surface area (TPSA) is 104 Å². The lowest BCUT2D eigenvalue weighted by atomic mass is 10.0. The molecule has 0 radical (unpaired) electrons. The van der Waals surface area contributed by atoms with Crippen LogP contribution in [-0.2, 0) is 0 Å². The maximum atomic E-state index is 5.49. The Morgan fingerprint density at radius 2 is 0.818 bits per heavy atom. The van der Waals surface area contributed by atoms with Gasteiger partial charge in [-0.3, -0.25) is 0 Å². The first-order chi connectivity index (χ1) is 10.7. The Labute approximate surface area is 139 Å². The van der Waals surface area contributed by atoms with Crippen molar-refractivity contribution >= 4 is 0 Å². The van der Waals surface area contributed by atoms with E-state index in [1.807, 2.05) is 0 Å². The lowest BCUT2D eigenvalue weighted by Crippen LogP contribution is -2.10. The van der Waals surface area contributed by atoms with E-state index in [9.17, 15) is 0 Å². The van der Waals surface area contributed by atoms with E-state index in [4.69, 9.17) is 22.9 Å². The van der Waals surface area contributed by atoms with Crippen LogP contribution >= 0.6 is 0 Å². The molecule has 0 aliphatic carbocycles. The summed E-state index contributed by atoms with van der Waals surface area (Å²) in [6.07, 6.45) is 15.4. The van der Waals surface area contributed by atoms with E-state index in [1.165, 1.54) is 77.0 Å². The Morgan fingerprint density at radius 3 is 1.14 bits per heavy atom. The molecule has 0 aliphatic heterocycles. The zero-order chi connectivity index (χ0) is 16.9. The Bertz CT molecular complexity index is 168. The second kappa shape index (κ2) is 23.1. The largest absolute Gasteiger partial charge is 0.330 e. The van der Waals surface area contributed by atoms with Gasteiger partial charge in [-0.15, -0.1) is 0 Å². The Hall–Kier alpha value is -0.160. The summed E-state index contributed by atoms with van der Waals surface area (Å²) >= 11 is 0. The van der Waals surface area contributed by atoms with Crippen molar-refractivity contribution in [1.82, 2.24) is 0 Å². The lowest BCUT2D eigenvalue weighted by molar-refractivity contribution is 0.496. The molecule has 0 spiro atoms. The molecule has 1 atom stereocenters. The highest BCUT2D eigenvalue weighted by Crippen LogP contribution is 2.08. The van der Waals surface area contributed by atoms with Crippen LogP contribution in [0.15, 0.2) is 0 Å². The molecule has 0 aromatic carbocycles. The van der Waals surface area contributed by atoms with Gasteiger partial charge in [-0.25, -0.2) is 0 Å².